The molecule has 1 saturated carbocycles. The van der Waals surface area contributed by atoms with Gasteiger partial charge in [0.25, 0.3) is 0 Å². The standard InChI is InChI=1S/C40H47N7O2/c1-40(18-7-4-8-19-40)37-25-38(47(44-37)32-11-9-10-29(24-32)27-45(2)3)43-39(48)42-36-17-16-33(34-12-5-6-13-35(34)36)30-14-15-31(41-26-30)28-46-20-22-49-23-21-46/h5-6,9-17,24-26H,4,7-8,18-23,27-28H2,1-3H3,(H2,42,43,48). The monoisotopic (exact) mass is 657 g/mol. The van der Waals surface area contributed by atoms with Crippen LogP contribution in [0.2, 0.25) is 0 Å². The number of nitrogens with one attached hydrogen (secondary N) is 2. The van der Waals surface area contributed by atoms with Gasteiger partial charge in [0.15, 0.2) is 0 Å². The second kappa shape index (κ2) is 14.5. The van der Waals surface area contributed by atoms with Gasteiger partial charge in [-0.25, -0.2) is 9.48 Å². The molecule has 0 spiro atoms. The third kappa shape index (κ3) is 7.54. The van der Waals surface area contributed by atoms with E-state index >= 15 is 0 Å². The maximum atomic E-state index is 13.8. The Labute approximate surface area is 289 Å². The van der Waals surface area contributed by atoms with Crippen molar-refractivity contribution < 1.29 is 9.53 Å². The Balaban J connectivity index is 1.14. The Morgan fingerprint density at radius 2 is 1.69 bits per heavy atom. The number of morpholine rings is 1. The molecular weight excluding hydrogens is 610 g/mol. The fourth-order valence-corrected chi connectivity index (χ4v) is 7.30. The zero-order chi connectivity index (χ0) is 33.8. The lowest BCUT2D eigenvalue weighted by atomic mass is 9.73. The summed E-state index contributed by atoms with van der Waals surface area (Å²) >= 11 is 0. The van der Waals surface area contributed by atoms with Gasteiger partial charge in [0, 0.05) is 54.8 Å². The second-order valence-corrected chi connectivity index (χ2v) is 14.1. The molecule has 0 unspecified atom stereocenters. The molecule has 2 amide bonds. The topological polar surface area (TPSA) is 87.6 Å². The van der Waals surface area contributed by atoms with Gasteiger partial charge in [-0.05, 0) is 67.7 Å². The van der Waals surface area contributed by atoms with E-state index in [9.17, 15) is 4.79 Å². The number of ether oxygens (including phenoxy) is 1. The van der Waals surface area contributed by atoms with E-state index < -0.39 is 0 Å². The van der Waals surface area contributed by atoms with E-state index in [1.807, 2.05) is 29.1 Å². The van der Waals surface area contributed by atoms with Crippen molar-refractivity contribution in [1.82, 2.24) is 24.6 Å². The number of aromatic nitrogens is 3. The molecule has 2 fully saturated rings. The first kappa shape index (κ1) is 33.0. The van der Waals surface area contributed by atoms with Gasteiger partial charge in [-0.15, -0.1) is 0 Å². The average Bonchev–Trinajstić information content (AvgIpc) is 3.54. The Morgan fingerprint density at radius 3 is 2.45 bits per heavy atom. The fraction of sp³-hybridized carbons (Fsp3) is 0.375. The number of fused-ring (bicyclic) bond motifs is 1. The van der Waals surface area contributed by atoms with Crippen molar-refractivity contribution in [2.45, 2.75) is 57.5 Å². The van der Waals surface area contributed by atoms with Crippen molar-refractivity contribution >= 4 is 28.3 Å². The highest BCUT2D eigenvalue weighted by Crippen LogP contribution is 2.40. The van der Waals surface area contributed by atoms with Crippen LogP contribution in [0.4, 0.5) is 16.3 Å². The Bertz CT molecular complexity index is 1900. The van der Waals surface area contributed by atoms with Crippen LogP contribution in [0, 0.1) is 0 Å². The second-order valence-electron chi connectivity index (χ2n) is 14.1. The maximum absolute atomic E-state index is 13.8. The summed E-state index contributed by atoms with van der Waals surface area (Å²) in [6.45, 7) is 7.37. The predicted octanol–water partition coefficient (Wildman–Crippen LogP) is 7.85. The van der Waals surface area contributed by atoms with Crippen molar-refractivity contribution in [3.8, 4) is 16.8 Å². The molecule has 0 bridgehead atoms. The van der Waals surface area contributed by atoms with Crippen molar-refractivity contribution in [1.29, 1.82) is 0 Å². The van der Waals surface area contributed by atoms with Crippen LogP contribution in [0.3, 0.4) is 0 Å². The highest BCUT2D eigenvalue weighted by Gasteiger charge is 2.32. The third-order valence-electron chi connectivity index (χ3n) is 9.98. The first-order valence-corrected chi connectivity index (χ1v) is 17.5. The predicted molar refractivity (Wildman–Crippen MR) is 197 cm³/mol. The number of hydrogen-bond acceptors (Lipinski definition) is 6. The number of anilines is 2. The molecule has 2 aliphatic rings. The minimum atomic E-state index is -0.307. The molecule has 2 N–H and O–H groups in total. The number of benzene rings is 3. The molecule has 5 aromatic rings. The molecule has 1 aliphatic heterocycles. The van der Waals surface area contributed by atoms with Gasteiger partial charge in [0.1, 0.15) is 5.82 Å². The van der Waals surface area contributed by atoms with Crippen LogP contribution >= 0.6 is 0 Å². The summed E-state index contributed by atoms with van der Waals surface area (Å²) in [6.07, 6.45) is 7.81. The molecule has 1 aliphatic carbocycles. The van der Waals surface area contributed by atoms with Crippen molar-refractivity contribution in [3.05, 3.63) is 102 Å². The van der Waals surface area contributed by atoms with Gasteiger partial charge in [0.2, 0.25) is 0 Å². The number of rotatable bonds is 9. The molecule has 2 aromatic heterocycles. The van der Waals surface area contributed by atoms with Crippen LogP contribution in [0.25, 0.3) is 27.6 Å². The van der Waals surface area contributed by atoms with Gasteiger partial charge in [-0.2, -0.15) is 5.10 Å². The largest absolute Gasteiger partial charge is 0.379 e. The lowest BCUT2D eigenvalue weighted by Gasteiger charge is -2.31. The van der Waals surface area contributed by atoms with E-state index in [1.54, 1.807) is 0 Å². The number of amides is 2. The molecule has 3 heterocycles. The smallest absolute Gasteiger partial charge is 0.324 e. The summed E-state index contributed by atoms with van der Waals surface area (Å²) < 4.78 is 7.38. The SMILES string of the molecule is CN(C)Cc1cccc(-n2nc(C3(C)CCCCC3)cc2NC(=O)Nc2ccc(-c3ccc(CN4CCOCC4)nc3)c3ccccc23)c1. The highest BCUT2D eigenvalue weighted by atomic mass is 16.5. The van der Waals surface area contributed by atoms with E-state index in [1.165, 1.54) is 24.8 Å². The van der Waals surface area contributed by atoms with E-state index in [4.69, 9.17) is 14.8 Å². The number of pyridine rings is 1. The summed E-state index contributed by atoms with van der Waals surface area (Å²) in [6, 6.07) is 26.6. The van der Waals surface area contributed by atoms with Gasteiger partial charge in [0.05, 0.1) is 36.0 Å². The van der Waals surface area contributed by atoms with Crippen LogP contribution < -0.4 is 10.6 Å². The first-order valence-electron chi connectivity index (χ1n) is 17.5. The molecule has 0 radical (unpaired) electrons. The first-order chi connectivity index (χ1) is 23.8. The molecular formula is C40H47N7O2. The zero-order valence-electron chi connectivity index (χ0n) is 28.9. The molecule has 7 rings (SSSR count). The Kier molecular flexibility index (Phi) is 9.75. The van der Waals surface area contributed by atoms with E-state index in [2.05, 4.69) is 102 Å². The van der Waals surface area contributed by atoms with Crippen LogP contribution in [0.15, 0.2) is 85.1 Å². The molecule has 9 heteroatoms. The Hall–Kier alpha value is -4.57. The molecule has 3 aromatic carbocycles. The summed E-state index contributed by atoms with van der Waals surface area (Å²) in [4.78, 5) is 23.1. The van der Waals surface area contributed by atoms with E-state index in [0.717, 1.165) is 96.9 Å². The lowest BCUT2D eigenvalue weighted by molar-refractivity contribution is 0.0336. The molecule has 9 nitrogen and oxygen atoms in total. The molecule has 0 atom stereocenters. The van der Waals surface area contributed by atoms with Crippen molar-refractivity contribution in [2.24, 2.45) is 0 Å². The number of urea groups is 1. The zero-order valence-corrected chi connectivity index (χ0v) is 28.9. The summed E-state index contributed by atoms with van der Waals surface area (Å²) in [7, 11) is 4.13. The molecule has 254 valence electrons. The summed E-state index contributed by atoms with van der Waals surface area (Å²) in [5, 5.41) is 13.5. The number of carbonyl (C=O) groups is 1. The fourth-order valence-electron chi connectivity index (χ4n) is 7.30. The van der Waals surface area contributed by atoms with Gasteiger partial charge >= 0.3 is 6.03 Å². The van der Waals surface area contributed by atoms with Crippen LogP contribution in [0.1, 0.15) is 56.0 Å². The highest BCUT2D eigenvalue weighted by molar-refractivity contribution is 6.09. The van der Waals surface area contributed by atoms with Crippen molar-refractivity contribution in [3.63, 3.8) is 0 Å². The average molecular weight is 658 g/mol. The minimum Gasteiger partial charge on any atom is -0.379 e. The van der Waals surface area contributed by atoms with Gasteiger partial charge in [-0.1, -0.05) is 74.7 Å². The normalized spacial score (nSPS) is 16.6. The lowest BCUT2D eigenvalue weighted by Crippen LogP contribution is -2.35. The van der Waals surface area contributed by atoms with Crippen LogP contribution in [0.5, 0.6) is 0 Å². The van der Waals surface area contributed by atoms with E-state index in [0.29, 0.717) is 5.82 Å². The van der Waals surface area contributed by atoms with Crippen LogP contribution in [-0.2, 0) is 23.2 Å². The number of carbonyl (C=O) groups excluding carboxylic acids is 1. The van der Waals surface area contributed by atoms with Crippen molar-refractivity contribution in [2.75, 3.05) is 51.0 Å². The van der Waals surface area contributed by atoms with Gasteiger partial charge < -0.3 is 15.0 Å². The quantitative estimate of drug-likeness (QED) is 0.168. The number of nitrogens with zero attached hydrogens (tertiary/aromatic N) is 5. The summed E-state index contributed by atoms with van der Waals surface area (Å²) in [5.41, 5.74) is 7.04. The Morgan fingerprint density at radius 1 is 0.898 bits per heavy atom. The molecule has 1 saturated heterocycles. The molecule has 49 heavy (non-hydrogen) atoms. The minimum absolute atomic E-state index is 0.0146. The van der Waals surface area contributed by atoms with E-state index in [-0.39, 0.29) is 11.4 Å². The van der Waals surface area contributed by atoms with Gasteiger partial charge in [-0.3, -0.25) is 15.2 Å². The summed E-state index contributed by atoms with van der Waals surface area (Å²) in [5.74, 6) is 0.658. The number of hydrogen-bond donors (Lipinski definition) is 2. The third-order valence-corrected chi connectivity index (χ3v) is 9.98. The van der Waals surface area contributed by atoms with Crippen LogP contribution in [-0.4, -0.2) is 71.0 Å². The maximum Gasteiger partial charge on any atom is 0.324 e.